The van der Waals surface area contributed by atoms with Crippen LogP contribution in [0.3, 0.4) is 0 Å². The summed E-state index contributed by atoms with van der Waals surface area (Å²) in [5.74, 6) is 0.484. The molecule has 0 N–H and O–H groups in total. The Kier molecular flexibility index (Phi) is 4.01. The van der Waals surface area contributed by atoms with E-state index < -0.39 is 0 Å². The van der Waals surface area contributed by atoms with Crippen molar-refractivity contribution in [2.24, 2.45) is 0 Å². The van der Waals surface area contributed by atoms with E-state index in [4.69, 9.17) is 16.3 Å². The van der Waals surface area contributed by atoms with Gasteiger partial charge in [0.1, 0.15) is 11.6 Å². The molecule has 16 heavy (non-hydrogen) atoms. The number of pyridine rings is 1. The number of aromatic nitrogens is 1. The summed E-state index contributed by atoms with van der Waals surface area (Å²) in [6, 6.07) is 11.8. The maximum Gasteiger partial charge on any atom is 0.233 e. The van der Waals surface area contributed by atoms with Crippen molar-refractivity contribution in [3.05, 3.63) is 56.8 Å². The minimum absolute atomic E-state index is 0.480. The first-order valence-corrected chi connectivity index (χ1v) is 6.20. The van der Waals surface area contributed by atoms with Crippen molar-refractivity contribution in [3.63, 3.8) is 0 Å². The second-order valence-electron chi connectivity index (χ2n) is 3.19. The van der Waals surface area contributed by atoms with Crippen LogP contribution < -0.4 is 4.74 Å². The number of ether oxygens (including phenoxy) is 1. The SMILES string of the molecule is Clc1c(I)ccnc1OCc1ccccc1. The van der Waals surface area contributed by atoms with Gasteiger partial charge in [-0.25, -0.2) is 4.98 Å². The highest BCUT2D eigenvalue weighted by atomic mass is 127. The van der Waals surface area contributed by atoms with Crippen LogP contribution in [0.4, 0.5) is 0 Å². The second-order valence-corrected chi connectivity index (χ2v) is 4.73. The summed E-state index contributed by atoms with van der Waals surface area (Å²) in [7, 11) is 0. The minimum Gasteiger partial charge on any atom is -0.472 e. The summed E-state index contributed by atoms with van der Waals surface area (Å²) >= 11 is 8.22. The zero-order valence-electron chi connectivity index (χ0n) is 8.36. The first-order valence-electron chi connectivity index (χ1n) is 4.74. The Balaban J connectivity index is 2.08. The van der Waals surface area contributed by atoms with Gasteiger partial charge < -0.3 is 4.74 Å². The van der Waals surface area contributed by atoms with E-state index in [9.17, 15) is 0 Å². The zero-order valence-corrected chi connectivity index (χ0v) is 11.3. The third-order valence-electron chi connectivity index (χ3n) is 2.03. The van der Waals surface area contributed by atoms with E-state index in [1.165, 1.54) is 0 Å². The maximum atomic E-state index is 6.06. The predicted octanol–water partition coefficient (Wildman–Crippen LogP) is 3.92. The molecule has 2 rings (SSSR count). The molecule has 0 saturated heterocycles. The Labute approximate surface area is 113 Å². The van der Waals surface area contributed by atoms with Gasteiger partial charge in [0.2, 0.25) is 5.88 Å². The molecule has 0 radical (unpaired) electrons. The molecule has 0 aliphatic heterocycles. The van der Waals surface area contributed by atoms with Gasteiger partial charge in [0.15, 0.2) is 0 Å². The molecule has 0 atom stereocenters. The summed E-state index contributed by atoms with van der Waals surface area (Å²) in [5, 5.41) is 0.569. The first-order chi connectivity index (χ1) is 7.77. The van der Waals surface area contributed by atoms with Crippen LogP contribution in [-0.4, -0.2) is 4.98 Å². The molecule has 0 saturated carbocycles. The fourth-order valence-corrected chi connectivity index (χ4v) is 1.79. The van der Waals surface area contributed by atoms with Crippen LogP contribution in [-0.2, 0) is 6.61 Å². The lowest BCUT2D eigenvalue weighted by Crippen LogP contribution is -1.98. The van der Waals surface area contributed by atoms with Gasteiger partial charge in [0.05, 0.1) is 0 Å². The van der Waals surface area contributed by atoms with Gasteiger partial charge in [-0.05, 0) is 34.2 Å². The Hall–Kier alpha value is -0.810. The number of hydrogen-bond acceptors (Lipinski definition) is 2. The van der Waals surface area contributed by atoms with Crippen molar-refractivity contribution in [3.8, 4) is 5.88 Å². The molecule has 1 aromatic heterocycles. The lowest BCUT2D eigenvalue weighted by molar-refractivity contribution is 0.294. The van der Waals surface area contributed by atoms with Crippen LogP contribution >= 0.6 is 34.2 Å². The molecule has 0 aliphatic rings. The molecule has 0 amide bonds. The number of hydrogen-bond donors (Lipinski definition) is 0. The molecule has 0 spiro atoms. The van der Waals surface area contributed by atoms with Gasteiger partial charge >= 0.3 is 0 Å². The summed E-state index contributed by atoms with van der Waals surface area (Å²) in [5.41, 5.74) is 1.10. The molecular weight excluding hydrogens is 336 g/mol. The highest BCUT2D eigenvalue weighted by Gasteiger charge is 2.06. The number of nitrogens with zero attached hydrogens (tertiary/aromatic N) is 1. The normalized spacial score (nSPS) is 10.1. The van der Waals surface area contributed by atoms with Gasteiger partial charge in [-0.15, -0.1) is 0 Å². The highest BCUT2D eigenvalue weighted by molar-refractivity contribution is 14.1. The average molecular weight is 346 g/mol. The van der Waals surface area contributed by atoms with Crippen molar-refractivity contribution in [1.29, 1.82) is 0 Å². The van der Waals surface area contributed by atoms with E-state index in [1.54, 1.807) is 6.20 Å². The van der Waals surface area contributed by atoms with E-state index in [-0.39, 0.29) is 0 Å². The lowest BCUT2D eigenvalue weighted by atomic mass is 10.2. The van der Waals surface area contributed by atoms with Crippen LogP contribution in [0.5, 0.6) is 5.88 Å². The Morgan fingerprint density at radius 2 is 1.94 bits per heavy atom. The standard InChI is InChI=1S/C12H9ClINO/c13-11-10(14)6-7-15-12(11)16-8-9-4-2-1-3-5-9/h1-7H,8H2. The third-order valence-corrected chi connectivity index (χ3v) is 3.61. The molecule has 0 fully saturated rings. The van der Waals surface area contributed by atoms with Crippen LogP contribution in [0, 0.1) is 3.57 Å². The molecule has 0 aliphatic carbocycles. The molecule has 2 nitrogen and oxygen atoms in total. The molecule has 82 valence electrons. The fourth-order valence-electron chi connectivity index (χ4n) is 1.23. The Bertz CT molecular complexity index is 476. The quantitative estimate of drug-likeness (QED) is 0.787. The Morgan fingerprint density at radius 1 is 1.19 bits per heavy atom. The minimum atomic E-state index is 0.480. The second kappa shape index (κ2) is 5.50. The van der Waals surface area contributed by atoms with E-state index in [1.807, 2.05) is 36.4 Å². The van der Waals surface area contributed by atoms with Crippen molar-refractivity contribution in [1.82, 2.24) is 4.98 Å². The summed E-state index contributed by atoms with van der Waals surface area (Å²) in [6.45, 7) is 0.480. The van der Waals surface area contributed by atoms with Crippen molar-refractivity contribution < 1.29 is 4.74 Å². The maximum absolute atomic E-state index is 6.06. The third kappa shape index (κ3) is 2.86. The Morgan fingerprint density at radius 3 is 2.69 bits per heavy atom. The molecule has 1 heterocycles. The largest absolute Gasteiger partial charge is 0.472 e. The summed E-state index contributed by atoms with van der Waals surface area (Å²) in [6.07, 6.45) is 1.69. The van der Waals surface area contributed by atoms with Gasteiger partial charge in [-0.3, -0.25) is 0 Å². The number of rotatable bonds is 3. The highest BCUT2D eigenvalue weighted by Crippen LogP contribution is 2.27. The fraction of sp³-hybridized carbons (Fsp3) is 0.0833. The predicted molar refractivity (Wildman–Crippen MR) is 72.7 cm³/mol. The van der Waals surface area contributed by atoms with Crippen molar-refractivity contribution in [2.45, 2.75) is 6.61 Å². The average Bonchev–Trinajstić information content (AvgIpc) is 2.32. The van der Waals surface area contributed by atoms with Crippen molar-refractivity contribution in [2.75, 3.05) is 0 Å². The van der Waals surface area contributed by atoms with Gasteiger partial charge in [-0.1, -0.05) is 41.9 Å². The van der Waals surface area contributed by atoms with Crippen LogP contribution in [0.2, 0.25) is 5.02 Å². The lowest BCUT2D eigenvalue weighted by Gasteiger charge is -2.07. The number of benzene rings is 1. The monoisotopic (exact) mass is 345 g/mol. The van der Waals surface area contributed by atoms with Crippen molar-refractivity contribution >= 4 is 34.2 Å². The summed E-state index contributed by atoms with van der Waals surface area (Å²) < 4.78 is 6.50. The van der Waals surface area contributed by atoms with Crippen LogP contribution in [0.1, 0.15) is 5.56 Å². The molecule has 4 heteroatoms. The zero-order chi connectivity index (χ0) is 11.4. The molecular formula is C12H9ClINO. The van der Waals surface area contributed by atoms with Crippen LogP contribution in [0.25, 0.3) is 0 Å². The number of halogens is 2. The van der Waals surface area contributed by atoms with Gasteiger partial charge in [0.25, 0.3) is 0 Å². The van der Waals surface area contributed by atoms with E-state index in [0.29, 0.717) is 17.5 Å². The topological polar surface area (TPSA) is 22.1 Å². The molecule has 1 aromatic carbocycles. The summed E-state index contributed by atoms with van der Waals surface area (Å²) in [4.78, 5) is 4.10. The van der Waals surface area contributed by atoms with Gasteiger partial charge in [0, 0.05) is 9.77 Å². The molecule has 2 aromatic rings. The first kappa shape index (κ1) is 11.7. The molecule has 0 bridgehead atoms. The van der Waals surface area contributed by atoms with E-state index in [0.717, 1.165) is 9.13 Å². The van der Waals surface area contributed by atoms with Gasteiger partial charge in [-0.2, -0.15) is 0 Å². The van der Waals surface area contributed by atoms with E-state index in [2.05, 4.69) is 27.6 Å². The van der Waals surface area contributed by atoms with E-state index >= 15 is 0 Å². The molecule has 0 unspecified atom stereocenters. The smallest absolute Gasteiger partial charge is 0.233 e. The van der Waals surface area contributed by atoms with Crippen LogP contribution in [0.15, 0.2) is 42.6 Å².